The first-order valence-electron chi connectivity index (χ1n) is 20.4. The Balaban J connectivity index is 1.31. The van der Waals surface area contributed by atoms with Crippen LogP contribution < -0.4 is 5.43 Å². The Morgan fingerprint density at radius 2 is 0.517 bits per heavy atom. The molecule has 0 bridgehead atoms. The maximum absolute atomic E-state index is 15.6. The quantitative estimate of drug-likeness (QED) is 0.176. The van der Waals surface area contributed by atoms with E-state index in [9.17, 15) is 0 Å². The van der Waals surface area contributed by atoms with E-state index < -0.39 is 0 Å². The highest BCUT2D eigenvalue weighted by atomic mass is 16.1. The van der Waals surface area contributed by atoms with Gasteiger partial charge in [0, 0.05) is 65.8 Å². The Hall–Kier alpha value is -8.15. The molecule has 3 aromatic heterocycles. The summed E-state index contributed by atoms with van der Waals surface area (Å²) >= 11 is 0. The topological polar surface area (TPSA) is 36.8 Å². The van der Waals surface area contributed by atoms with Crippen molar-refractivity contribution in [3.63, 3.8) is 0 Å². The van der Waals surface area contributed by atoms with E-state index in [4.69, 9.17) is 0 Å². The van der Waals surface area contributed by atoms with Crippen LogP contribution in [0.25, 0.3) is 110 Å². The minimum atomic E-state index is 0.0136. The molecule has 5 nitrogen and oxygen atoms in total. The summed E-state index contributed by atoms with van der Waals surface area (Å²) in [6.45, 7) is 0. The summed E-state index contributed by atoms with van der Waals surface area (Å²) in [7, 11) is 0. The zero-order valence-electron chi connectivity index (χ0n) is 32.3. The molecule has 0 N–H and O–H groups in total. The van der Waals surface area contributed by atoms with Gasteiger partial charge in [-0.25, -0.2) is 0 Å². The van der Waals surface area contributed by atoms with E-state index in [1.165, 1.54) is 21.5 Å². The van der Waals surface area contributed by atoms with Crippen molar-refractivity contribution >= 4 is 87.2 Å². The van der Waals surface area contributed by atoms with Gasteiger partial charge in [-0.3, -0.25) is 4.79 Å². The summed E-state index contributed by atoms with van der Waals surface area (Å²) < 4.78 is 9.36. The van der Waals surface area contributed by atoms with Gasteiger partial charge in [0.1, 0.15) is 0 Å². The second-order valence-electron chi connectivity index (χ2n) is 15.7. The lowest BCUT2D eigenvalue weighted by Crippen LogP contribution is -2.06. The zero-order chi connectivity index (χ0) is 39.5. The van der Waals surface area contributed by atoms with Gasteiger partial charge in [-0.15, -0.1) is 0 Å². The number of para-hydroxylation sites is 8. The SMILES string of the molecule is O=c1c2cc(-n3c4ccccc4c4ccccc43)cc3c2c2c1cc(-n1c4ccccc4c4ccccc41)cc2n(-c1ccccc1)c1ccccc1n3-c1ccccc1. The van der Waals surface area contributed by atoms with Crippen molar-refractivity contribution in [1.29, 1.82) is 0 Å². The Labute approximate surface area is 343 Å². The van der Waals surface area contributed by atoms with Crippen molar-refractivity contribution in [1.82, 2.24) is 18.3 Å². The molecule has 0 saturated heterocycles. The van der Waals surface area contributed by atoms with Gasteiger partial charge in [-0.2, -0.15) is 0 Å². The van der Waals surface area contributed by atoms with Crippen LogP contribution in [0.15, 0.2) is 211 Å². The molecule has 5 heteroatoms. The van der Waals surface area contributed by atoms with Crippen molar-refractivity contribution in [3.8, 4) is 22.7 Å². The van der Waals surface area contributed by atoms with Crippen LogP contribution in [0.2, 0.25) is 0 Å². The number of fused-ring (bicyclic) bond motifs is 7. The molecule has 10 aromatic carbocycles. The molecule has 0 aliphatic carbocycles. The molecule has 0 fully saturated rings. The second kappa shape index (κ2) is 12.4. The largest absolute Gasteiger partial charge is 0.309 e. The monoisotopic (exact) mass is 766 g/mol. The number of rotatable bonds is 4. The van der Waals surface area contributed by atoms with Crippen molar-refractivity contribution in [2.24, 2.45) is 0 Å². The van der Waals surface area contributed by atoms with Gasteiger partial charge in [0.15, 0.2) is 5.43 Å². The lowest BCUT2D eigenvalue weighted by Gasteiger charge is -2.21. The summed E-state index contributed by atoms with van der Waals surface area (Å²) in [5, 5.41) is 7.94. The lowest BCUT2D eigenvalue weighted by atomic mass is 10.1. The molecule has 13 rings (SSSR count). The number of aromatic nitrogens is 4. The van der Waals surface area contributed by atoms with Crippen LogP contribution in [-0.2, 0) is 0 Å². The summed E-state index contributed by atoms with van der Waals surface area (Å²) in [4.78, 5) is 15.6. The fraction of sp³-hybridized carbons (Fsp3) is 0. The highest BCUT2D eigenvalue weighted by Gasteiger charge is 2.24. The van der Waals surface area contributed by atoms with Crippen LogP contribution in [0.4, 0.5) is 0 Å². The maximum atomic E-state index is 15.6. The molecule has 280 valence electrons. The third kappa shape index (κ3) is 4.49. The Morgan fingerprint density at radius 3 is 0.867 bits per heavy atom. The molecular weight excluding hydrogens is 733 g/mol. The lowest BCUT2D eigenvalue weighted by molar-refractivity contribution is 1.11. The van der Waals surface area contributed by atoms with E-state index >= 15 is 4.79 Å². The molecule has 0 spiro atoms. The fourth-order valence-corrected chi connectivity index (χ4v) is 10.1. The summed E-state index contributed by atoms with van der Waals surface area (Å²) in [6, 6.07) is 72.9. The van der Waals surface area contributed by atoms with E-state index in [-0.39, 0.29) is 5.43 Å². The zero-order valence-corrected chi connectivity index (χ0v) is 32.3. The Kier molecular flexibility index (Phi) is 6.81. The summed E-state index contributed by atoms with van der Waals surface area (Å²) in [5.74, 6) is 0. The van der Waals surface area contributed by atoms with Crippen LogP contribution in [0, 0.1) is 0 Å². The van der Waals surface area contributed by atoms with Gasteiger partial charge in [-0.05, 0) is 84.9 Å². The van der Waals surface area contributed by atoms with Crippen LogP contribution in [-0.4, -0.2) is 18.3 Å². The van der Waals surface area contributed by atoms with Crippen molar-refractivity contribution in [3.05, 3.63) is 216 Å². The summed E-state index contributed by atoms with van der Waals surface area (Å²) in [6.07, 6.45) is 0. The second-order valence-corrected chi connectivity index (χ2v) is 15.7. The van der Waals surface area contributed by atoms with Gasteiger partial charge in [0.25, 0.3) is 0 Å². The van der Waals surface area contributed by atoms with Crippen LogP contribution in [0.1, 0.15) is 0 Å². The van der Waals surface area contributed by atoms with Crippen LogP contribution in [0.5, 0.6) is 0 Å². The molecule has 0 atom stereocenters. The fourth-order valence-electron chi connectivity index (χ4n) is 10.1. The minimum Gasteiger partial charge on any atom is -0.309 e. The van der Waals surface area contributed by atoms with Crippen LogP contribution >= 0.6 is 0 Å². The van der Waals surface area contributed by atoms with Gasteiger partial charge in [0.2, 0.25) is 0 Å². The molecule has 0 aliphatic heterocycles. The Morgan fingerprint density at radius 1 is 0.233 bits per heavy atom. The van der Waals surface area contributed by atoms with E-state index in [2.05, 4.69) is 225 Å². The van der Waals surface area contributed by atoms with Crippen molar-refractivity contribution < 1.29 is 0 Å². The van der Waals surface area contributed by atoms with E-state index in [1.807, 2.05) is 0 Å². The molecule has 0 radical (unpaired) electrons. The van der Waals surface area contributed by atoms with Gasteiger partial charge in [-0.1, -0.05) is 121 Å². The number of nitrogens with zero attached hydrogens (tertiary/aromatic N) is 4. The van der Waals surface area contributed by atoms with Crippen molar-refractivity contribution in [2.75, 3.05) is 0 Å². The van der Waals surface area contributed by atoms with Gasteiger partial charge < -0.3 is 18.3 Å². The third-order valence-corrected chi connectivity index (χ3v) is 12.5. The molecule has 0 aliphatic rings. The molecule has 13 aromatic rings. The third-order valence-electron chi connectivity index (χ3n) is 12.5. The number of benzene rings is 9. The standard InChI is InChI=1S/C55H34N4O/c60-55-43-31-37(58-45-25-11-7-21-39(45)40-22-8-12-26-46(40)58)33-51-53(43)54-44(55)32-38(59-47-27-13-9-23-41(47)42-24-10-14-28-48(42)59)34-52(54)57(36-19-5-2-6-20-36)50-30-16-15-29-49(50)56(51)35-17-3-1-4-18-35/h1-34H. The molecule has 60 heavy (non-hydrogen) atoms. The average molecular weight is 767 g/mol. The average Bonchev–Trinajstić information content (AvgIpc) is 3.92. The maximum Gasteiger partial charge on any atom is 0.194 e. The molecule has 3 heterocycles. The van der Waals surface area contributed by atoms with Crippen LogP contribution in [0.3, 0.4) is 0 Å². The predicted molar refractivity (Wildman–Crippen MR) is 250 cm³/mol. The highest BCUT2D eigenvalue weighted by molar-refractivity contribution is 6.26. The first kappa shape index (κ1) is 32.9. The highest BCUT2D eigenvalue weighted by Crippen LogP contribution is 2.42. The molecule has 0 saturated carbocycles. The predicted octanol–water partition coefficient (Wildman–Crippen LogP) is 13.4. The molecule has 0 unspecified atom stereocenters. The van der Waals surface area contributed by atoms with E-state index in [0.29, 0.717) is 10.8 Å². The summed E-state index contributed by atoms with van der Waals surface area (Å²) in [5.41, 5.74) is 12.2. The minimum absolute atomic E-state index is 0.0136. The van der Waals surface area contributed by atoms with Gasteiger partial charge >= 0.3 is 0 Å². The van der Waals surface area contributed by atoms with Crippen molar-refractivity contribution in [2.45, 2.75) is 0 Å². The first-order valence-corrected chi connectivity index (χ1v) is 20.4. The Bertz CT molecular complexity index is 3600. The van der Waals surface area contributed by atoms with E-state index in [0.717, 1.165) is 77.7 Å². The molecule has 0 amide bonds. The normalized spacial score (nSPS) is 12.1. The number of hydrogen-bond acceptors (Lipinski definition) is 1. The molecular formula is C55H34N4O. The van der Waals surface area contributed by atoms with Gasteiger partial charge in [0.05, 0.1) is 44.1 Å². The van der Waals surface area contributed by atoms with E-state index in [1.54, 1.807) is 0 Å². The smallest absolute Gasteiger partial charge is 0.194 e. The number of hydrogen-bond donors (Lipinski definition) is 0. The first-order chi connectivity index (χ1) is 29.7.